The van der Waals surface area contributed by atoms with Gasteiger partial charge >= 0.3 is 5.97 Å². The molecule has 3 aromatic heterocycles. The molecule has 0 spiro atoms. The van der Waals surface area contributed by atoms with E-state index in [4.69, 9.17) is 16.7 Å². The minimum atomic E-state index is -0.990. The van der Waals surface area contributed by atoms with Crippen LogP contribution in [-0.2, 0) is 13.0 Å². The first kappa shape index (κ1) is 13.6. The van der Waals surface area contributed by atoms with Crippen LogP contribution >= 0.6 is 11.6 Å². The summed E-state index contributed by atoms with van der Waals surface area (Å²) in [6, 6.07) is 3.69. The molecule has 7 heteroatoms. The van der Waals surface area contributed by atoms with E-state index in [9.17, 15) is 4.79 Å². The van der Waals surface area contributed by atoms with E-state index in [0.717, 1.165) is 23.5 Å². The molecule has 0 fully saturated rings. The highest BCUT2D eigenvalue weighted by atomic mass is 35.5. The van der Waals surface area contributed by atoms with Crippen molar-refractivity contribution in [2.24, 2.45) is 0 Å². The Morgan fingerprint density at radius 1 is 1.38 bits per heavy atom. The molecule has 0 radical (unpaired) electrons. The zero-order valence-electron chi connectivity index (χ0n) is 11.3. The van der Waals surface area contributed by atoms with Crippen LogP contribution in [-0.4, -0.2) is 30.2 Å². The van der Waals surface area contributed by atoms with Gasteiger partial charge in [0.25, 0.3) is 0 Å². The quantitative estimate of drug-likeness (QED) is 0.804. The van der Waals surface area contributed by atoms with Crippen molar-refractivity contribution in [3.05, 3.63) is 52.7 Å². The second kappa shape index (κ2) is 5.21. The molecule has 3 aromatic rings. The topological polar surface area (TPSA) is 72.4 Å². The summed E-state index contributed by atoms with van der Waals surface area (Å²) in [7, 11) is 0. The van der Waals surface area contributed by atoms with E-state index in [0.29, 0.717) is 11.6 Å². The molecule has 0 aromatic carbocycles. The molecule has 0 aliphatic rings. The Labute approximate surface area is 125 Å². The first-order chi connectivity index (χ1) is 10.1. The minimum Gasteiger partial charge on any atom is -0.478 e. The van der Waals surface area contributed by atoms with Crippen molar-refractivity contribution in [1.82, 2.24) is 19.2 Å². The van der Waals surface area contributed by atoms with Crippen LogP contribution in [0.5, 0.6) is 0 Å². The van der Waals surface area contributed by atoms with Gasteiger partial charge < -0.3 is 9.51 Å². The second-order valence-electron chi connectivity index (χ2n) is 4.67. The maximum Gasteiger partial charge on any atom is 0.338 e. The van der Waals surface area contributed by atoms with E-state index in [-0.39, 0.29) is 5.56 Å². The van der Waals surface area contributed by atoms with Gasteiger partial charge in [-0.3, -0.25) is 4.68 Å². The van der Waals surface area contributed by atoms with Crippen molar-refractivity contribution in [2.45, 2.75) is 19.9 Å². The highest BCUT2D eigenvalue weighted by Crippen LogP contribution is 2.19. The van der Waals surface area contributed by atoms with E-state index in [1.165, 1.54) is 12.4 Å². The Balaban J connectivity index is 1.95. The summed E-state index contributed by atoms with van der Waals surface area (Å²) in [6.45, 7) is 2.45. The average Bonchev–Trinajstić information content (AvgIpc) is 3.05. The molecule has 108 valence electrons. The number of halogens is 1. The first-order valence-corrected chi connectivity index (χ1v) is 6.87. The number of nitrogens with zero attached hydrogens (tertiary/aromatic N) is 4. The smallest absolute Gasteiger partial charge is 0.338 e. The Morgan fingerprint density at radius 2 is 2.19 bits per heavy atom. The van der Waals surface area contributed by atoms with Gasteiger partial charge in [-0.25, -0.2) is 9.78 Å². The van der Waals surface area contributed by atoms with Gasteiger partial charge in [0.05, 0.1) is 29.0 Å². The van der Waals surface area contributed by atoms with Gasteiger partial charge in [0.15, 0.2) is 0 Å². The van der Waals surface area contributed by atoms with Gasteiger partial charge in [-0.2, -0.15) is 5.10 Å². The second-order valence-corrected chi connectivity index (χ2v) is 5.08. The number of imidazole rings is 1. The Morgan fingerprint density at radius 3 is 2.86 bits per heavy atom. The predicted octanol–water partition coefficient (Wildman–Crippen LogP) is 2.49. The van der Waals surface area contributed by atoms with Crippen molar-refractivity contribution in [2.75, 3.05) is 0 Å². The summed E-state index contributed by atoms with van der Waals surface area (Å²) in [6.07, 6.45) is 5.52. The largest absolute Gasteiger partial charge is 0.478 e. The summed E-state index contributed by atoms with van der Waals surface area (Å²) in [5.74, 6) is -0.990. The zero-order chi connectivity index (χ0) is 15.0. The van der Waals surface area contributed by atoms with Crippen molar-refractivity contribution < 1.29 is 9.90 Å². The van der Waals surface area contributed by atoms with Crippen molar-refractivity contribution in [1.29, 1.82) is 0 Å². The molecule has 0 amide bonds. The number of hydrogen-bond acceptors (Lipinski definition) is 3. The van der Waals surface area contributed by atoms with Crippen LogP contribution in [0.3, 0.4) is 0 Å². The number of fused-ring (bicyclic) bond motifs is 1. The molecule has 0 aliphatic carbocycles. The fourth-order valence-corrected chi connectivity index (χ4v) is 2.57. The maximum atomic E-state index is 10.8. The summed E-state index contributed by atoms with van der Waals surface area (Å²) < 4.78 is 3.51. The third-order valence-electron chi connectivity index (χ3n) is 3.27. The third kappa shape index (κ3) is 2.50. The summed E-state index contributed by atoms with van der Waals surface area (Å²) in [5, 5.41) is 13.6. The fraction of sp³-hybridized carbons (Fsp3) is 0.214. The SMILES string of the molecule is CCc1c(Cl)ccc2nc(Cn3cc(C(=O)O)cn3)cn12. The number of hydrogen-bond donors (Lipinski definition) is 1. The number of pyridine rings is 1. The van der Waals surface area contributed by atoms with Gasteiger partial charge in [0.2, 0.25) is 0 Å². The first-order valence-electron chi connectivity index (χ1n) is 6.49. The monoisotopic (exact) mass is 304 g/mol. The van der Waals surface area contributed by atoms with Crippen LogP contribution in [0.25, 0.3) is 5.65 Å². The standard InChI is InChI=1S/C14H13ClN4O2/c1-2-12-11(15)3-4-13-17-10(8-19(12)13)7-18-6-9(5-16-18)14(20)21/h3-6,8H,2,7H2,1H3,(H,20,21). The summed E-state index contributed by atoms with van der Waals surface area (Å²) >= 11 is 6.18. The molecule has 0 bridgehead atoms. The van der Waals surface area contributed by atoms with Crippen LogP contribution in [0.4, 0.5) is 0 Å². The van der Waals surface area contributed by atoms with E-state index in [1.807, 2.05) is 29.7 Å². The van der Waals surface area contributed by atoms with E-state index >= 15 is 0 Å². The van der Waals surface area contributed by atoms with Gasteiger partial charge in [0, 0.05) is 18.1 Å². The lowest BCUT2D eigenvalue weighted by molar-refractivity contribution is 0.0697. The Bertz CT molecular complexity index is 822. The van der Waals surface area contributed by atoms with Crippen LogP contribution < -0.4 is 0 Å². The minimum absolute atomic E-state index is 0.163. The summed E-state index contributed by atoms with van der Waals surface area (Å²) in [5.41, 5.74) is 2.78. The highest BCUT2D eigenvalue weighted by Gasteiger charge is 2.10. The molecule has 0 aliphatic heterocycles. The van der Waals surface area contributed by atoms with E-state index < -0.39 is 5.97 Å². The van der Waals surface area contributed by atoms with Crippen LogP contribution in [0.2, 0.25) is 5.02 Å². The molecule has 21 heavy (non-hydrogen) atoms. The molecule has 0 saturated heterocycles. The molecule has 0 unspecified atom stereocenters. The lowest BCUT2D eigenvalue weighted by Crippen LogP contribution is -2.00. The molecular formula is C14H13ClN4O2. The number of aryl methyl sites for hydroxylation is 1. The number of carbonyl (C=O) groups is 1. The number of carboxylic acid groups (broad SMARTS) is 1. The average molecular weight is 305 g/mol. The van der Waals surface area contributed by atoms with Crippen LogP contribution in [0.15, 0.2) is 30.7 Å². The molecule has 1 N–H and O–H groups in total. The van der Waals surface area contributed by atoms with Crippen LogP contribution in [0.1, 0.15) is 28.7 Å². The Hall–Kier alpha value is -2.34. The van der Waals surface area contributed by atoms with Crippen LogP contribution in [0, 0.1) is 0 Å². The van der Waals surface area contributed by atoms with Crippen molar-refractivity contribution in [3.63, 3.8) is 0 Å². The van der Waals surface area contributed by atoms with Crippen molar-refractivity contribution in [3.8, 4) is 0 Å². The molecule has 6 nitrogen and oxygen atoms in total. The molecule has 0 atom stereocenters. The zero-order valence-corrected chi connectivity index (χ0v) is 12.1. The fourth-order valence-electron chi connectivity index (χ4n) is 2.28. The van der Waals surface area contributed by atoms with Gasteiger partial charge in [-0.15, -0.1) is 0 Å². The molecule has 3 rings (SSSR count). The molecule has 3 heterocycles. The highest BCUT2D eigenvalue weighted by molar-refractivity contribution is 6.31. The summed E-state index contributed by atoms with van der Waals surface area (Å²) in [4.78, 5) is 15.3. The normalized spacial score (nSPS) is 11.1. The number of aromatic nitrogens is 4. The predicted molar refractivity (Wildman–Crippen MR) is 77.9 cm³/mol. The van der Waals surface area contributed by atoms with E-state index in [1.54, 1.807) is 4.68 Å². The lowest BCUT2D eigenvalue weighted by Gasteiger charge is -2.03. The van der Waals surface area contributed by atoms with E-state index in [2.05, 4.69) is 10.1 Å². The van der Waals surface area contributed by atoms with Gasteiger partial charge in [-0.05, 0) is 18.6 Å². The van der Waals surface area contributed by atoms with Crippen molar-refractivity contribution >= 4 is 23.2 Å². The number of aromatic carboxylic acids is 1. The number of rotatable bonds is 4. The third-order valence-corrected chi connectivity index (χ3v) is 3.61. The maximum absolute atomic E-state index is 10.8. The Kier molecular flexibility index (Phi) is 3.39. The van der Waals surface area contributed by atoms with Gasteiger partial charge in [-0.1, -0.05) is 18.5 Å². The molecular weight excluding hydrogens is 292 g/mol. The number of carboxylic acids is 1. The lowest BCUT2D eigenvalue weighted by atomic mass is 10.3. The molecule has 0 saturated carbocycles. The van der Waals surface area contributed by atoms with Gasteiger partial charge in [0.1, 0.15) is 5.65 Å².